The van der Waals surface area contributed by atoms with Crippen LogP contribution in [0, 0.1) is 13.8 Å². The third kappa shape index (κ3) is 5.38. The summed E-state index contributed by atoms with van der Waals surface area (Å²) in [5, 5.41) is 0. The fraction of sp³-hybridized carbons (Fsp3) is 0.333. The molecule has 8 heteroatoms. The van der Waals surface area contributed by atoms with Crippen molar-refractivity contribution in [1.29, 1.82) is 0 Å². The second-order valence-corrected chi connectivity index (χ2v) is 9.09. The van der Waals surface area contributed by atoms with Crippen molar-refractivity contribution in [2.24, 2.45) is 0 Å². The topological polar surface area (TPSA) is 86.7 Å². The highest BCUT2D eigenvalue weighted by Crippen LogP contribution is 2.22. The normalized spacial score (nSPS) is 12.5. The molecular formula is C18H22O6S2. The maximum Gasteiger partial charge on any atom is 0.299 e. The second kappa shape index (κ2) is 8.30. The van der Waals surface area contributed by atoms with E-state index in [0.29, 0.717) is 6.42 Å². The summed E-state index contributed by atoms with van der Waals surface area (Å²) < 4.78 is 59.7. The molecule has 0 aliphatic carbocycles. The Bertz CT molecular complexity index is 853. The highest BCUT2D eigenvalue weighted by molar-refractivity contribution is 7.87. The molecule has 0 heterocycles. The first-order chi connectivity index (χ1) is 12.1. The summed E-state index contributed by atoms with van der Waals surface area (Å²) in [4.78, 5) is -0.110. The molecule has 142 valence electrons. The zero-order valence-electron chi connectivity index (χ0n) is 14.9. The fourth-order valence-electron chi connectivity index (χ4n) is 2.15. The molecule has 0 bridgehead atoms. The smallest absolute Gasteiger partial charge is 0.233 e. The predicted molar refractivity (Wildman–Crippen MR) is 97.6 cm³/mol. The first kappa shape index (κ1) is 20.6. The van der Waals surface area contributed by atoms with Gasteiger partial charge in [0.2, 0.25) is 0 Å². The Morgan fingerprint density at radius 2 is 1.08 bits per heavy atom. The molecule has 0 aliphatic heterocycles. The van der Waals surface area contributed by atoms with Crippen LogP contribution in [0.1, 0.15) is 30.9 Å². The minimum Gasteiger partial charge on any atom is -0.233 e. The number of rotatable bonds is 8. The molecule has 0 atom stereocenters. The Morgan fingerprint density at radius 3 is 1.38 bits per heavy atom. The molecule has 0 spiro atoms. The van der Waals surface area contributed by atoms with Crippen molar-refractivity contribution in [3.63, 3.8) is 0 Å². The van der Waals surface area contributed by atoms with Gasteiger partial charge in [0.25, 0.3) is 20.2 Å². The Labute approximate surface area is 155 Å². The van der Waals surface area contributed by atoms with E-state index in [-0.39, 0.29) is 16.2 Å². The van der Waals surface area contributed by atoms with Crippen molar-refractivity contribution < 1.29 is 25.2 Å². The first-order valence-corrected chi connectivity index (χ1v) is 11.0. The summed E-state index contributed by atoms with van der Waals surface area (Å²) >= 11 is 0. The summed E-state index contributed by atoms with van der Waals surface area (Å²) in [5.41, 5.74) is 1.79. The summed E-state index contributed by atoms with van der Waals surface area (Å²) in [5.74, 6) is 0. The number of benzene rings is 2. The maximum atomic E-state index is 12.4. The molecule has 0 amide bonds. The molecule has 26 heavy (non-hydrogen) atoms. The standard InChI is InChI=1S/C18H22O6S2/c1-4-5-18(23-25(19,20)16-10-6-14(2)7-11-16)24-26(21,22)17-12-8-15(3)9-13-17/h6-13,18H,4-5H2,1-3H3. The van der Waals surface area contributed by atoms with Crippen molar-refractivity contribution >= 4 is 20.2 Å². The molecule has 0 unspecified atom stereocenters. The van der Waals surface area contributed by atoms with Gasteiger partial charge in [-0.3, -0.25) is 0 Å². The molecule has 0 aromatic heterocycles. The maximum absolute atomic E-state index is 12.4. The highest BCUT2D eigenvalue weighted by Gasteiger charge is 2.27. The van der Waals surface area contributed by atoms with Gasteiger partial charge in [-0.15, -0.1) is 0 Å². The fourth-order valence-corrected chi connectivity index (χ4v) is 4.20. The van der Waals surface area contributed by atoms with Crippen molar-refractivity contribution in [1.82, 2.24) is 0 Å². The lowest BCUT2D eigenvalue weighted by Gasteiger charge is -2.17. The number of hydrogen-bond donors (Lipinski definition) is 0. The lowest BCUT2D eigenvalue weighted by molar-refractivity contribution is 0.0102. The third-order valence-corrected chi connectivity index (χ3v) is 6.25. The minimum atomic E-state index is -4.15. The van der Waals surface area contributed by atoms with Crippen molar-refractivity contribution in [3.05, 3.63) is 59.7 Å². The van der Waals surface area contributed by atoms with Crippen LogP contribution < -0.4 is 0 Å². The van der Waals surface area contributed by atoms with Crippen LogP contribution in [0.15, 0.2) is 58.3 Å². The van der Waals surface area contributed by atoms with Gasteiger partial charge < -0.3 is 0 Å². The van der Waals surface area contributed by atoms with E-state index in [2.05, 4.69) is 0 Å². The Balaban J connectivity index is 2.22. The van der Waals surface area contributed by atoms with E-state index in [0.717, 1.165) is 11.1 Å². The van der Waals surface area contributed by atoms with Crippen LogP contribution in [-0.4, -0.2) is 23.1 Å². The Morgan fingerprint density at radius 1 is 0.731 bits per heavy atom. The Hall–Kier alpha value is -1.74. The first-order valence-electron chi connectivity index (χ1n) is 8.14. The van der Waals surface area contributed by atoms with Crippen LogP contribution >= 0.6 is 0 Å². The van der Waals surface area contributed by atoms with Gasteiger partial charge in [0.05, 0.1) is 9.79 Å². The van der Waals surface area contributed by atoms with Gasteiger partial charge in [-0.05, 0) is 38.1 Å². The molecule has 6 nitrogen and oxygen atoms in total. The second-order valence-electron chi connectivity index (χ2n) is 5.95. The molecule has 2 aromatic carbocycles. The van der Waals surface area contributed by atoms with Gasteiger partial charge in [-0.25, -0.2) is 8.37 Å². The number of aryl methyl sites for hydroxylation is 2. The van der Waals surface area contributed by atoms with E-state index in [1.807, 2.05) is 13.8 Å². The largest absolute Gasteiger partial charge is 0.299 e. The summed E-state index contributed by atoms with van der Waals surface area (Å²) in [6, 6.07) is 12.2. The van der Waals surface area contributed by atoms with E-state index in [1.165, 1.54) is 24.3 Å². The van der Waals surface area contributed by atoms with E-state index < -0.39 is 26.5 Å². The lowest BCUT2D eigenvalue weighted by atomic mass is 10.2. The molecule has 0 N–H and O–H groups in total. The molecule has 2 rings (SSSR count). The Kier molecular flexibility index (Phi) is 6.57. The van der Waals surface area contributed by atoms with Gasteiger partial charge in [0.15, 0.2) is 6.29 Å². The quantitative estimate of drug-likeness (QED) is 0.499. The van der Waals surface area contributed by atoms with Crippen molar-refractivity contribution in [3.8, 4) is 0 Å². The zero-order valence-corrected chi connectivity index (χ0v) is 16.5. The van der Waals surface area contributed by atoms with Gasteiger partial charge in [0.1, 0.15) is 0 Å². The molecule has 0 saturated heterocycles. The molecule has 0 aliphatic rings. The highest BCUT2D eigenvalue weighted by atomic mass is 32.2. The van der Waals surface area contributed by atoms with Gasteiger partial charge in [-0.2, -0.15) is 16.8 Å². The summed E-state index contributed by atoms with van der Waals surface area (Å²) in [7, 11) is -8.30. The van der Waals surface area contributed by atoms with E-state index in [9.17, 15) is 16.8 Å². The van der Waals surface area contributed by atoms with Crippen LogP contribution in [0.4, 0.5) is 0 Å². The predicted octanol–water partition coefficient (Wildman–Crippen LogP) is 3.54. The van der Waals surface area contributed by atoms with Crippen LogP contribution in [0.5, 0.6) is 0 Å². The van der Waals surface area contributed by atoms with Crippen LogP contribution in [0.2, 0.25) is 0 Å². The summed E-state index contributed by atoms with van der Waals surface area (Å²) in [6.07, 6.45) is -0.842. The molecule has 0 fully saturated rings. The molecule has 0 saturated carbocycles. The molecular weight excluding hydrogens is 376 g/mol. The van der Waals surface area contributed by atoms with Crippen LogP contribution in [-0.2, 0) is 28.6 Å². The van der Waals surface area contributed by atoms with Gasteiger partial charge in [-0.1, -0.05) is 48.7 Å². The zero-order chi connectivity index (χ0) is 19.4. The third-order valence-electron chi connectivity index (χ3n) is 3.61. The average Bonchev–Trinajstić information content (AvgIpc) is 2.55. The van der Waals surface area contributed by atoms with Crippen molar-refractivity contribution in [2.45, 2.75) is 49.7 Å². The van der Waals surface area contributed by atoms with Gasteiger partial charge in [0, 0.05) is 6.42 Å². The summed E-state index contributed by atoms with van der Waals surface area (Å²) in [6.45, 7) is 5.43. The molecule has 0 radical (unpaired) electrons. The van der Waals surface area contributed by atoms with E-state index in [4.69, 9.17) is 8.37 Å². The molecule has 2 aromatic rings. The van der Waals surface area contributed by atoms with Gasteiger partial charge >= 0.3 is 0 Å². The SMILES string of the molecule is CCCC(OS(=O)(=O)c1ccc(C)cc1)OS(=O)(=O)c1ccc(C)cc1. The van der Waals surface area contributed by atoms with E-state index >= 15 is 0 Å². The van der Waals surface area contributed by atoms with Crippen molar-refractivity contribution in [2.75, 3.05) is 0 Å². The van der Waals surface area contributed by atoms with Crippen LogP contribution in [0.25, 0.3) is 0 Å². The average molecular weight is 399 g/mol. The lowest BCUT2D eigenvalue weighted by Crippen LogP contribution is -2.25. The van der Waals surface area contributed by atoms with E-state index in [1.54, 1.807) is 31.2 Å². The minimum absolute atomic E-state index is 0.0551. The number of hydrogen-bond acceptors (Lipinski definition) is 6. The monoisotopic (exact) mass is 398 g/mol. The van der Waals surface area contributed by atoms with Crippen LogP contribution in [0.3, 0.4) is 0 Å².